The molecule has 1 fully saturated rings. The predicted molar refractivity (Wildman–Crippen MR) is 111 cm³/mol. The molecule has 1 aliphatic heterocycles. The molecule has 0 aromatic heterocycles. The Morgan fingerprint density at radius 2 is 1.67 bits per heavy atom. The average Bonchev–Trinajstić information content (AvgIpc) is 2.71. The van der Waals surface area contributed by atoms with Crippen molar-refractivity contribution in [2.75, 3.05) is 13.1 Å². The van der Waals surface area contributed by atoms with Gasteiger partial charge in [-0.05, 0) is 42.2 Å². The molecule has 27 heavy (non-hydrogen) atoms. The van der Waals surface area contributed by atoms with Crippen LogP contribution in [0.25, 0.3) is 10.8 Å². The van der Waals surface area contributed by atoms with E-state index in [4.69, 9.17) is 0 Å². The lowest BCUT2D eigenvalue weighted by molar-refractivity contribution is 0.0910. The standard InChI is InChI=1S/C24H26N2O/c1-18-9-11-19(12-10-18)17-26-15-13-21(14-16-26)25-24(27)23-8-4-6-20-5-2-3-7-22(20)23/h2-12,21H,13-17H2,1H3,(H,25,27). The second-order valence-corrected chi connectivity index (χ2v) is 7.54. The third kappa shape index (κ3) is 4.20. The van der Waals surface area contributed by atoms with Crippen molar-refractivity contribution in [3.63, 3.8) is 0 Å². The molecule has 0 atom stereocenters. The Bertz CT molecular complexity index is 919. The van der Waals surface area contributed by atoms with Crippen LogP contribution < -0.4 is 5.32 Å². The van der Waals surface area contributed by atoms with Crippen molar-refractivity contribution in [1.82, 2.24) is 10.2 Å². The van der Waals surface area contributed by atoms with Gasteiger partial charge in [0, 0.05) is 31.2 Å². The number of nitrogens with zero attached hydrogens (tertiary/aromatic N) is 1. The van der Waals surface area contributed by atoms with Crippen LogP contribution in [0.15, 0.2) is 66.7 Å². The summed E-state index contributed by atoms with van der Waals surface area (Å²) in [6.07, 6.45) is 2.00. The van der Waals surface area contributed by atoms with Crippen molar-refractivity contribution in [1.29, 1.82) is 0 Å². The van der Waals surface area contributed by atoms with Crippen molar-refractivity contribution in [3.8, 4) is 0 Å². The Balaban J connectivity index is 1.34. The van der Waals surface area contributed by atoms with E-state index in [1.165, 1.54) is 11.1 Å². The molecule has 3 aromatic carbocycles. The number of nitrogens with one attached hydrogen (secondary N) is 1. The second kappa shape index (κ2) is 7.93. The van der Waals surface area contributed by atoms with Crippen LogP contribution in [0.5, 0.6) is 0 Å². The Labute approximate surface area is 161 Å². The summed E-state index contributed by atoms with van der Waals surface area (Å²) >= 11 is 0. The molecule has 1 heterocycles. The van der Waals surface area contributed by atoms with E-state index in [-0.39, 0.29) is 11.9 Å². The van der Waals surface area contributed by atoms with E-state index < -0.39 is 0 Å². The van der Waals surface area contributed by atoms with E-state index >= 15 is 0 Å². The van der Waals surface area contributed by atoms with Crippen LogP contribution in [0.1, 0.15) is 34.3 Å². The van der Waals surface area contributed by atoms with Gasteiger partial charge in [-0.15, -0.1) is 0 Å². The summed E-state index contributed by atoms with van der Waals surface area (Å²) in [5.41, 5.74) is 3.43. The Morgan fingerprint density at radius 1 is 0.963 bits per heavy atom. The zero-order valence-corrected chi connectivity index (χ0v) is 15.8. The van der Waals surface area contributed by atoms with Gasteiger partial charge in [0.05, 0.1) is 0 Å². The summed E-state index contributed by atoms with van der Waals surface area (Å²) in [4.78, 5) is 15.3. The zero-order chi connectivity index (χ0) is 18.6. The third-order valence-electron chi connectivity index (χ3n) is 5.48. The SMILES string of the molecule is Cc1ccc(CN2CCC(NC(=O)c3cccc4ccccc34)CC2)cc1. The Morgan fingerprint density at radius 3 is 2.44 bits per heavy atom. The van der Waals surface area contributed by atoms with E-state index in [0.717, 1.165) is 48.8 Å². The summed E-state index contributed by atoms with van der Waals surface area (Å²) in [5.74, 6) is 0.0452. The third-order valence-corrected chi connectivity index (χ3v) is 5.48. The minimum atomic E-state index is 0.0452. The minimum Gasteiger partial charge on any atom is -0.349 e. The number of amides is 1. The van der Waals surface area contributed by atoms with Crippen LogP contribution in [0.3, 0.4) is 0 Å². The molecule has 3 aromatic rings. The van der Waals surface area contributed by atoms with Crippen LogP contribution in [0.4, 0.5) is 0 Å². The average molecular weight is 358 g/mol. The molecule has 0 bridgehead atoms. The van der Waals surface area contributed by atoms with E-state index in [2.05, 4.69) is 53.5 Å². The van der Waals surface area contributed by atoms with Gasteiger partial charge in [0.15, 0.2) is 0 Å². The Kier molecular flexibility index (Phi) is 5.21. The van der Waals surface area contributed by atoms with E-state index in [9.17, 15) is 4.79 Å². The number of carbonyl (C=O) groups is 1. The normalized spacial score (nSPS) is 15.7. The maximum Gasteiger partial charge on any atom is 0.252 e. The minimum absolute atomic E-state index is 0.0452. The molecule has 138 valence electrons. The first-order valence-electron chi connectivity index (χ1n) is 9.75. The van der Waals surface area contributed by atoms with Crippen LogP contribution in [0, 0.1) is 6.92 Å². The maximum absolute atomic E-state index is 12.8. The lowest BCUT2D eigenvalue weighted by Gasteiger charge is -2.32. The first kappa shape index (κ1) is 17.7. The van der Waals surface area contributed by atoms with Gasteiger partial charge < -0.3 is 5.32 Å². The molecule has 1 N–H and O–H groups in total. The smallest absolute Gasteiger partial charge is 0.252 e. The number of aryl methyl sites for hydroxylation is 1. The number of likely N-dealkylation sites (tertiary alicyclic amines) is 1. The lowest BCUT2D eigenvalue weighted by atomic mass is 10.0. The molecule has 0 saturated carbocycles. The molecule has 1 saturated heterocycles. The van der Waals surface area contributed by atoms with Gasteiger partial charge >= 0.3 is 0 Å². The number of hydrogen-bond donors (Lipinski definition) is 1. The number of carbonyl (C=O) groups excluding carboxylic acids is 1. The summed E-state index contributed by atoms with van der Waals surface area (Å²) in [7, 11) is 0. The molecule has 1 amide bonds. The van der Waals surface area contributed by atoms with Gasteiger partial charge in [-0.25, -0.2) is 0 Å². The van der Waals surface area contributed by atoms with Crippen LogP contribution in [-0.4, -0.2) is 29.9 Å². The van der Waals surface area contributed by atoms with Gasteiger partial charge in [0.2, 0.25) is 0 Å². The van der Waals surface area contributed by atoms with Gasteiger partial charge in [-0.3, -0.25) is 9.69 Å². The van der Waals surface area contributed by atoms with E-state index in [1.807, 2.05) is 30.3 Å². The molecular formula is C24H26N2O. The van der Waals surface area contributed by atoms with Gasteiger partial charge in [-0.2, -0.15) is 0 Å². The molecule has 3 heteroatoms. The summed E-state index contributed by atoms with van der Waals surface area (Å²) in [5, 5.41) is 5.39. The van der Waals surface area contributed by atoms with Crippen LogP contribution in [0.2, 0.25) is 0 Å². The van der Waals surface area contributed by atoms with E-state index in [0.29, 0.717) is 0 Å². The Hall–Kier alpha value is -2.65. The number of fused-ring (bicyclic) bond motifs is 1. The number of piperidine rings is 1. The van der Waals surface area contributed by atoms with Crippen LogP contribution >= 0.6 is 0 Å². The topological polar surface area (TPSA) is 32.3 Å². The number of benzene rings is 3. The summed E-state index contributed by atoms with van der Waals surface area (Å²) in [6.45, 7) is 5.15. The van der Waals surface area contributed by atoms with Crippen molar-refractivity contribution in [2.45, 2.75) is 32.4 Å². The molecule has 3 nitrogen and oxygen atoms in total. The summed E-state index contributed by atoms with van der Waals surface area (Å²) < 4.78 is 0. The van der Waals surface area contributed by atoms with Crippen molar-refractivity contribution in [2.24, 2.45) is 0 Å². The predicted octanol–water partition coefficient (Wildman–Crippen LogP) is 4.54. The number of rotatable bonds is 4. The zero-order valence-electron chi connectivity index (χ0n) is 15.8. The van der Waals surface area contributed by atoms with E-state index in [1.54, 1.807) is 0 Å². The lowest BCUT2D eigenvalue weighted by Crippen LogP contribution is -2.44. The summed E-state index contributed by atoms with van der Waals surface area (Å²) in [6, 6.07) is 23.0. The van der Waals surface area contributed by atoms with Crippen molar-refractivity contribution >= 4 is 16.7 Å². The molecule has 4 rings (SSSR count). The fourth-order valence-electron chi connectivity index (χ4n) is 3.87. The molecular weight excluding hydrogens is 332 g/mol. The molecule has 1 aliphatic rings. The largest absolute Gasteiger partial charge is 0.349 e. The van der Waals surface area contributed by atoms with Crippen molar-refractivity contribution in [3.05, 3.63) is 83.4 Å². The highest BCUT2D eigenvalue weighted by atomic mass is 16.1. The molecule has 0 radical (unpaired) electrons. The highest BCUT2D eigenvalue weighted by Gasteiger charge is 2.21. The van der Waals surface area contributed by atoms with Gasteiger partial charge in [0.1, 0.15) is 0 Å². The first-order valence-corrected chi connectivity index (χ1v) is 9.75. The maximum atomic E-state index is 12.8. The molecule has 0 aliphatic carbocycles. The van der Waals surface area contributed by atoms with Crippen LogP contribution in [-0.2, 0) is 6.54 Å². The number of hydrogen-bond acceptors (Lipinski definition) is 2. The monoisotopic (exact) mass is 358 g/mol. The van der Waals surface area contributed by atoms with Gasteiger partial charge in [0.25, 0.3) is 5.91 Å². The highest BCUT2D eigenvalue weighted by Crippen LogP contribution is 2.20. The van der Waals surface area contributed by atoms with Crippen molar-refractivity contribution < 1.29 is 4.79 Å². The first-order chi connectivity index (χ1) is 13.2. The fourth-order valence-corrected chi connectivity index (χ4v) is 3.87. The molecule has 0 unspecified atom stereocenters. The molecule has 0 spiro atoms. The van der Waals surface area contributed by atoms with Gasteiger partial charge in [-0.1, -0.05) is 66.2 Å². The quantitative estimate of drug-likeness (QED) is 0.742. The fraction of sp³-hybridized carbons (Fsp3) is 0.292. The highest BCUT2D eigenvalue weighted by molar-refractivity contribution is 6.07. The second-order valence-electron chi connectivity index (χ2n) is 7.54.